The van der Waals surface area contributed by atoms with Crippen LogP contribution in [0.1, 0.15) is 103 Å². The molecule has 0 rings (SSSR count). The van der Waals surface area contributed by atoms with Crippen molar-refractivity contribution in [3.8, 4) is 0 Å². The summed E-state index contributed by atoms with van der Waals surface area (Å²) in [5.41, 5.74) is 0. The van der Waals surface area contributed by atoms with E-state index < -0.39 is 0 Å². The molecule has 0 saturated carbocycles. The number of carbonyl (C=O) groups is 2. The Bertz CT molecular complexity index is 340. The van der Waals surface area contributed by atoms with E-state index in [0.29, 0.717) is 12.8 Å². The van der Waals surface area contributed by atoms with Crippen LogP contribution in [0.4, 0.5) is 0 Å². The van der Waals surface area contributed by atoms with Gasteiger partial charge in [-0.05, 0) is 12.8 Å². The Labute approximate surface area is 160 Å². The monoisotopic (exact) mass is 366 g/mol. The highest BCUT2D eigenvalue weighted by molar-refractivity contribution is 5.70. The molecule has 0 unspecified atom stereocenters. The van der Waals surface area contributed by atoms with Crippen LogP contribution < -0.4 is 0 Å². The van der Waals surface area contributed by atoms with Gasteiger partial charge in [-0.15, -0.1) is 0 Å². The molecule has 0 bridgehead atoms. The first-order valence-electron chi connectivity index (χ1n) is 10.3. The lowest BCUT2D eigenvalue weighted by atomic mass is 10.0. The maximum Gasteiger partial charge on any atom is 0.310 e. The second kappa shape index (κ2) is 19.7. The SMILES string of the molecule is C=COC(=O)CCCCCCCCCCCCCCCCC(=O)OC=C. The predicted octanol–water partition coefficient (Wildman–Crippen LogP) is 6.60. The summed E-state index contributed by atoms with van der Waals surface area (Å²) < 4.78 is 9.37. The van der Waals surface area contributed by atoms with Crippen LogP contribution in [0.3, 0.4) is 0 Å². The van der Waals surface area contributed by atoms with E-state index in [1.54, 1.807) is 0 Å². The van der Waals surface area contributed by atoms with Crippen molar-refractivity contribution >= 4 is 11.9 Å². The zero-order valence-corrected chi connectivity index (χ0v) is 16.5. The molecule has 0 aliphatic rings. The van der Waals surface area contributed by atoms with Gasteiger partial charge in [0.05, 0.1) is 12.5 Å². The molecule has 0 atom stereocenters. The normalized spacial score (nSPS) is 10.3. The van der Waals surface area contributed by atoms with Gasteiger partial charge in [-0.2, -0.15) is 0 Å². The number of rotatable bonds is 19. The van der Waals surface area contributed by atoms with Crippen molar-refractivity contribution in [1.29, 1.82) is 0 Å². The lowest BCUT2D eigenvalue weighted by Gasteiger charge is -2.03. The van der Waals surface area contributed by atoms with Gasteiger partial charge < -0.3 is 9.47 Å². The molecule has 26 heavy (non-hydrogen) atoms. The number of esters is 2. The topological polar surface area (TPSA) is 52.6 Å². The summed E-state index contributed by atoms with van der Waals surface area (Å²) in [5.74, 6) is -0.342. The average Bonchev–Trinajstić information content (AvgIpc) is 2.61. The van der Waals surface area contributed by atoms with E-state index in [1.165, 1.54) is 76.7 Å². The number of unbranched alkanes of at least 4 members (excludes halogenated alkanes) is 13. The molecule has 0 amide bonds. The fourth-order valence-corrected chi connectivity index (χ4v) is 2.96. The van der Waals surface area contributed by atoms with E-state index >= 15 is 0 Å². The highest BCUT2D eigenvalue weighted by Crippen LogP contribution is 2.14. The molecule has 0 aromatic rings. The van der Waals surface area contributed by atoms with Gasteiger partial charge in [-0.1, -0.05) is 90.2 Å². The second-order valence-corrected chi connectivity index (χ2v) is 6.76. The van der Waals surface area contributed by atoms with Crippen LogP contribution in [0.25, 0.3) is 0 Å². The zero-order chi connectivity index (χ0) is 19.3. The molecule has 0 heterocycles. The largest absolute Gasteiger partial charge is 0.435 e. The molecule has 0 radical (unpaired) electrons. The molecule has 4 heteroatoms. The minimum atomic E-state index is -0.171. The number of hydrogen-bond acceptors (Lipinski definition) is 4. The van der Waals surface area contributed by atoms with Gasteiger partial charge in [0.25, 0.3) is 0 Å². The number of carbonyl (C=O) groups excluding carboxylic acids is 2. The summed E-state index contributed by atoms with van der Waals surface area (Å²) >= 11 is 0. The van der Waals surface area contributed by atoms with Gasteiger partial charge in [0.2, 0.25) is 0 Å². The Hall–Kier alpha value is -1.58. The Morgan fingerprint density at radius 2 is 0.731 bits per heavy atom. The van der Waals surface area contributed by atoms with E-state index in [-0.39, 0.29) is 11.9 Å². The molecule has 0 fully saturated rings. The molecule has 0 aromatic heterocycles. The minimum absolute atomic E-state index is 0.171. The van der Waals surface area contributed by atoms with Gasteiger partial charge in [-0.3, -0.25) is 9.59 Å². The Kier molecular flexibility index (Phi) is 18.5. The third-order valence-electron chi connectivity index (χ3n) is 4.44. The lowest BCUT2D eigenvalue weighted by molar-refractivity contribution is -0.139. The van der Waals surface area contributed by atoms with E-state index in [0.717, 1.165) is 25.7 Å². The summed E-state index contributed by atoms with van der Waals surface area (Å²) in [7, 11) is 0. The summed E-state index contributed by atoms with van der Waals surface area (Å²) in [4.78, 5) is 22.2. The van der Waals surface area contributed by atoms with E-state index in [2.05, 4.69) is 22.6 Å². The van der Waals surface area contributed by atoms with Crippen LogP contribution in [0.2, 0.25) is 0 Å². The van der Waals surface area contributed by atoms with Crippen LogP contribution in [0, 0.1) is 0 Å². The Morgan fingerprint density at radius 1 is 0.500 bits per heavy atom. The van der Waals surface area contributed by atoms with Crippen LogP contribution in [-0.4, -0.2) is 11.9 Å². The third kappa shape index (κ3) is 18.8. The minimum Gasteiger partial charge on any atom is -0.435 e. The van der Waals surface area contributed by atoms with Crippen LogP contribution in [0.5, 0.6) is 0 Å². The van der Waals surface area contributed by atoms with E-state index in [4.69, 9.17) is 0 Å². The predicted molar refractivity (Wildman–Crippen MR) is 106 cm³/mol. The maximum absolute atomic E-state index is 11.1. The summed E-state index contributed by atoms with van der Waals surface area (Å²) in [5, 5.41) is 0. The molecule has 4 nitrogen and oxygen atoms in total. The van der Waals surface area contributed by atoms with Gasteiger partial charge in [-0.25, -0.2) is 0 Å². The fourth-order valence-electron chi connectivity index (χ4n) is 2.96. The van der Waals surface area contributed by atoms with Gasteiger partial charge in [0, 0.05) is 12.8 Å². The smallest absolute Gasteiger partial charge is 0.310 e. The molecular formula is C22H38O4. The summed E-state index contributed by atoms with van der Waals surface area (Å²) in [6.45, 7) is 6.74. The van der Waals surface area contributed by atoms with Crippen LogP contribution >= 0.6 is 0 Å². The van der Waals surface area contributed by atoms with Crippen molar-refractivity contribution in [3.63, 3.8) is 0 Å². The zero-order valence-electron chi connectivity index (χ0n) is 16.5. The summed E-state index contributed by atoms with van der Waals surface area (Å²) in [6.07, 6.45) is 20.3. The Balaban J connectivity index is 3.11. The Morgan fingerprint density at radius 3 is 0.962 bits per heavy atom. The van der Waals surface area contributed by atoms with Crippen LogP contribution in [-0.2, 0) is 19.1 Å². The van der Waals surface area contributed by atoms with E-state index in [9.17, 15) is 9.59 Å². The molecule has 0 saturated heterocycles. The highest BCUT2D eigenvalue weighted by atomic mass is 16.5. The second-order valence-electron chi connectivity index (χ2n) is 6.76. The summed E-state index contributed by atoms with van der Waals surface area (Å²) in [6, 6.07) is 0. The quantitative estimate of drug-likeness (QED) is 0.147. The van der Waals surface area contributed by atoms with Gasteiger partial charge in [0.1, 0.15) is 0 Å². The molecule has 150 valence electrons. The molecule has 0 spiro atoms. The maximum atomic E-state index is 11.1. The van der Waals surface area contributed by atoms with Crippen LogP contribution in [0.15, 0.2) is 25.7 Å². The molecule has 0 N–H and O–H groups in total. The molecule has 0 aliphatic carbocycles. The average molecular weight is 367 g/mol. The van der Waals surface area contributed by atoms with Crippen molar-refractivity contribution in [1.82, 2.24) is 0 Å². The van der Waals surface area contributed by atoms with Gasteiger partial charge in [0.15, 0.2) is 0 Å². The standard InChI is InChI=1S/C22H38O4/c1-3-25-21(23)19-17-15-13-11-9-7-5-6-8-10-12-14-16-18-20-22(24)26-4-2/h3-4H,1-2,5-20H2. The molecular weight excluding hydrogens is 328 g/mol. The fraction of sp³-hybridized carbons (Fsp3) is 0.727. The van der Waals surface area contributed by atoms with Crippen molar-refractivity contribution in [2.75, 3.05) is 0 Å². The number of ether oxygens (including phenoxy) is 2. The molecule has 0 aromatic carbocycles. The highest BCUT2D eigenvalue weighted by Gasteiger charge is 2.01. The molecule has 0 aliphatic heterocycles. The lowest BCUT2D eigenvalue weighted by Crippen LogP contribution is -1.98. The van der Waals surface area contributed by atoms with Crippen molar-refractivity contribution in [3.05, 3.63) is 25.7 Å². The van der Waals surface area contributed by atoms with Gasteiger partial charge >= 0.3 is 11.9 Å². The first-order chi connectivity index (χ1) is 12.7. The first kappa shape index (κ1) is 24.4. The van der Waals surface area contributed by atoms with Crippen molar-refractivity contribution < 1.29 is 19.1 Å². The van der Waals surface area contributed by atoms with E-state index in [1.807, 2.05) is 0 Å². The third-order valence-corrected chi connectivity index (χ3v) is 4.44. The van der Waals surface area contributed by atoms with Crippen molar-refractivity contribution in [2.45, 2.75) is 103 Å². The van der Waals surface area contributed by atoms with Crippen molar-refractivity contribution in [2.24, 2.45) is 0 Å². The first-order valence-corrected chi connectivity index (χ1v) is 10.3. The number of hydrogen-bond donors (Lipinski definition) is 0.